The third-order valence-corrected chi connectivity index (χ3v) is 6.05. The molecule has 0 aliphatic rings. The molecule has 0 aromatic heterocycles. The molecule has 0 fully saturated rings. The van der Waals surface area contributed by atoms with Gasteiger partial charge in [0.25, 0.3) is 0 Å². The third kappa shape index (κ3) is 6.21. The van der Waals surface area contributed by atoms with Gasteiger partial charge in [0.1, 0.15) is 17.9 Å². The van der Waals surface area contributed by atoms with Crippen molar-refractivity contribution in [1.82, 2.24) is 0 Å². The first-order valence-corrected chi connectivity index (χ1v) is 11.3. The SMILES string of the molecule is CCOC(=O)CC(=O)Nc1cc(Br)c(Oc2cc(CO)c(O)c(C(C)C)c2)c(Br)c1C. The first kappa shape index (κ1) is 25.2. The number of phenols is 1. The summed E-state index contributed by atoms with van der Waals surface area (Å²) >= 11 is 6.96. The van der Waals surface area contributed by atoms with E-state index in [0.717, 1.165) is 0 Å². The Bertz CT molecular complexity index is 991. The highest BCUT2D eigenvalue weighted by atomic mass is 79.9. The molecule has 0 unspecified atom stereocenters. The van der Waals surface area contributed by atoms with Crippen LogP contribution in [0, 0.1) is 6.92 Å². The number of benzene rings is 2. The minimum Gasteiger partial charge on any atom is -0.507 e. The van der Waals surface area contributed by atoms with E-state index in [0.29, 0.717) is 42.8 Å². The van der Waals surface area contributed by atoms with E-state index in [1.165, 1.54) is 0 Å². The molecule has 0 spiro atoms. The lowest BCUT2D eigenvalue weighted by Gasteiger charge is -2.18. The Kier molecular flexibility index (Phi) is 8.90. The number of hydrogen-bond acceptors (Lipinski definition) is 6. The molecule has 0 atom stereocenters. The van der Waals surface area contributed by atoms with Crippen molar-refractivity contribution in [2.75, 3.05) is 11.9 Å². The van der Waals surface area contributed by atoms with Crippen LogP contribution in [0.4, 0.5) is 5.69 Å². The summed E-state index contributed by atoms with van der Waals surface area (Å²) in [5.74, 6) is -0.0840. The van der Waals surface area contributed by atoms with E-state index in [9.17, 15) is 19.8 Å². The topological polar surface area (TPSA) is 105 Å². The molecule has 0 saturated carbocycles. The number of anilines is 1. The highest BCUT2D eigenvalue weighted by Crippen LogP contribution is 2.43. The maximum absolute atomic E-state index is 12.1. The summed E-state index contributed by atoms with van der Waals surface area (Å²) in [5, 5.41) is 22.6. The van der Waals surface area contributed by atoms with Crippen LogP contribution in [0.25, 0.3) is 0 Å². The number of carbonyl (C=O) groups is 2. The van der Waals surface area contributed by atoms with Gasteiger partial charge in [-0.2, -0.15) is 0 Å². The number of nitrogens with one attached hydrogen (secondary N) is 1. The van der Waals surface area contributed by atoms with Gasteiger partial charge < -0.3 is 25.0 Å². The summed E-state index contributed by atoms with van der Waals surface area (Å²) in [4.78, 5) is 23.6. The van der Waals surface area contributed by atoms with Crippen LogP contribution in [0.15, 0.2) is 27.1 Å². The molecule has 0 bridgehead atoms. The Morgan fingerprint density at radius 2 is 1.87 bits per heavy atom. The molecule has 2 aromatic rings. The number of aromatic hydroxyl groups is 1. The Balaban J connectivity index is 2.34. The quantitative estimate of drug-likeness (QED) is 0.291. The zero-order valence-electron chi connectivity index (χ0n) is 17.7. The Hall–Kier alpha value is -2.10. The number of ether oxygens (including phenoxy) is 2. The van der Waals surface area contributed by atoms with Crippen LogP contribution in [0.1, 0.15) is 49.8 Å². The Morgan fingerprint density at radius 3 is 2.45 bits per heavy atom. The molecule has 2 rings (SSSR count). The lowest BCUT2D eigenvalue weighted by molar-refractivity contribution is -0.145. The van der Waals surface area contributed by atoms with Crippen LogP contribution >= 0.6 is 31.9 Å². The molecule has 31 heavy (non-hydrogen) atoms. The molecule has 7 nitrogen and oxygen atoms in total. The number of amides is 1. The summed E-state index contributed by atoms with van der Waals surface area (Å²) in [7, 11) is 0. The second-order valence-electron chi connectivity index (χ2n) is 7.14. The second-order valence-corrected chi connectivity index (χ2v) is 8.79. The van der Waals surface area contributed by atoms with E-state index >= 15 is 0 Å². The van der Waals surface area contributed by atoms with Crippen molar-refractivity contribution in [2.24, 2.45) is 0 Å². The predicted molar refractivity (Wildman–Crippen MR) is 125 cm³/mol. The van der Waals surface area contributed by atoms with Crippen LogP contribution in [0.2, 0.25) is 0 Å². The fourth-order valence-electron chi connectivity index (χ4n) is 2.88. The van der Waals surface area contributed by atoms with Gasteiger partial charge >= 0.3 is 5.97 Å². The number of aliphatic hydroxyl groups is 1. The van der Waals surface area contributed by atoms with Gasteiger partial charge in [-0.15, -0.1) is 0 Å². The van der Waals surface area contributed by atoms with Gasteiger partial charge in [0.15, 0.2) is 5.75 Å². The molecule has 0 aliphatic carbocycles. The van der Waals surface area contributed by atoms with E-state index in [1.54, 1.807) is 32.0 Å². The first-order valence-electron chi connectivity index (χ1n) is 9.67. The number of rotatable bonds is 8. The summed E-state index contributed by atoms with van der Waals surface area (Å²) in [6.07, 6.45) is -0.379. The monoisotopic (exact) mass is 557 g/mol. The van der Waals surface area contributed by atoms with E-state index in [1.807, 2.05) is 13.8 Å². The molecular formula is C22H25Br2NO6. The fourth-order valence-corrected chi connectivity index (χ4v) is 4.16. The highest BCUT2D eigenvalue weighted by Gasteiger charge is 2.19. The Labute approximate surface area is 198 Å². The van der Waals surface area contributed by atoms with Crippen molar-refractivity contribution in [3.05, 3.63) is 43.8 Å². The van der Waals surface area contributed by atoms with Crippen molar-refractivity contribution in [2.45, 2.75) is 46.6 Å². The van der Waals surface area contributed by atoms with Crippen molar-refractivity contribution in [3.63, 3.8) is 0 Å². The molecule has 2 aromatic carbocycles. The standard InChI is InChI=1S/C22H25Br2NO6/c1-5-30-19(28)9-18(27)25-17-8-16(23)22(20(24)12(17)4)31-14-6-13(10-26)21(29)15(7-14)11(2)3/h6-8,11,26,29H,5,9-10H2,1-4H3,(H,25,27). The Morgan fingerprint density at radius 1 is 1.19 bits per heavy atom. The molecule has 0 saturated heterocycles. The summed E-state index contributed by atoms with van der Waals surface area (Å²) < 4.78 is 12.0. The van der Waals surface area contributed by atoms with Crippen LogP contribution in [-0.4, -0.2) is 28.7 Å². The maximum Gasteiger partial charge on any atom is 0.315 e. The van der Waals surface area contributed by atoms with Crippen LogP contribution in [0.5, 0.6) is 17.2 Å². The average molecular weight is 559 g/mol. The maximum atomic E-state index is 12.1. The van der Waals surface area contributed by atoms with Crippen molar-refractivity contribution in [1.29, 1.82) is 0 Å². The minimum absolute atomic E-state index is 0.0273. The van der Waals surface area contributed by atoms with Gasteiger partial charge in [-0.25, -0.2) is 0 Å². The number of hydrogen-bond donors (Lipinski definition) is 3. The summed E-state index contributed by atoms with van der Waals surface area (Å²) in [6.45, 7) is 7.22. The van der Waals surface area contributed by atoms with Crippen LogP contribution < -0.4 is 10.1 Å². The molecule has 0 aliphatic heterocycles. The lowest BCUT2D eigenvalue weighted by Crippen LogP contribution is -2.18. The second kappa shape index (κ2) is 11.0. The number of esters is 1. The van der Waals surface area contributed by atoms with E-state index in [-0.39, 0.29) is 31.3 Å². The molecule has 9 heteroatoms. The average Bonchev–Trinajstić information content (AvgIpc) is 2.69. The van der Waals surface area contributed by atoms with E-state index in [4.69, 9.17) is 9.47 Å². The lowest BCUT2D eigenvalue weighted by atomic mass is 9.99. The minimum atomic E-state index is -0.594. The van der Waals surface area contributed by atoms with Gasteiger partial charge in [-0.3, -0.25) is 9.59 Å². The normalized spacial score (nSPS) is 10.8. The summed E-state index contributed by atoms with van der Waals surface area (Å²) in [6, 6.07) is 4.97. The molecule has 168 valence electrons. The van der Waals surface area contributed by atoms with Gasteiger partial charge in [0, 0.05) is 16.8 Å². The predicted octanol–water partition coefficient (Wildman–Crippen LogP) is 5.53. The third-order valence-electron chi connectivity index (χ3n) is 4.51. The molecule has 0 heterocycles. The summed E-state index contributed by atoms with van der Waals surface area (Å²) in [5.41, 5.74) is 2.23. The highest BCUT2D eigenvalue weighted by molar-refractivity contribution is 9.11. The molecule has 1 amide bonds. The zero-order chi connectivity index (χ0) is 23.3. The van der Waals surface area contributed by atoms with Gasteiger partial charge in [0.05, 0.1) is 22.2 Å². The number of carbonyl (C=O) groups excluding carboxylic acids is 2. The zero-order valence-corrected chi connectivity index (χ0v) is 20.9. The molecule has 0 radical (unpaired) electrons. The van der Waals surface area contributed by atoms with Gasteiger partial charge in [-0.05, 0) is 75.4 Å². The number of halogens is 2. The van der Waals surface area contributed by atoms with Gasteiger partial charge in [0.2, 0.25) is 5.91 Å². The van der Waals surface area contributed by atoms with Crippen LogP contribution in [-0.2, 0) is 20.9 Å². The van der Waals surface area contributed by atoms with Crippen molar-refractivity contribution in [3.8, 4) is 17.2 Å². The van der Waals surface area contributed by atoms with E-state index in [2.05, 4.69) is 37.2 Å². The van der Waals surface area contributed by atoms with Crippen molar-refractivity contribution < 1.29 is 29.3 Å². The number of aliphatic hydroxyl groups excluding tert-OH is 1. The smallest absolute Gasteiger partial charge is 0.315 e. The van der Waals surface area contributed by atoms with Crippen molar-refractivity contribution >= 4 is 49.4 Å². The largest absolute Gasteiger partial charge is 0.507 e. The molecular weight excluding hydrogens is 534 g/mol. The van der Waals surface area contributed by atoms with Crippen LogP contribution in [0.3, 0.4) is 0 Å². The molecule has 3 N–H and O–H groups in total. The van der Waals surface area contributed by atoms with Gasteiger partial charge in [-0.1, -0.05) is 13.8 Å². The first-order chi connectivity index (χ1) is 14.6. The fraction of sp³-hybridized carbons (Fsp3) is 0.364. The van der Waals surface area contributed by atoms with E-state index < -0.39 is 11.9 Å².